The summed E-state index contributed by atoms with van der Waals surface area (Å²) >= 11 is 0. The lowest BCUT2D eigenvalue weighted by Crippen LogP contribution is -2.33. The molecule has 1 N–H and O–H groups in total. The van der Waals surface area contributed by atoms with E-state index in [0.29, 0.717) is 11.8 Å². The Labute approximate surface area is 129 Å². The van der Waals surface area contributed by atoms with Gasteiger partial charge in [-0.15, -0.1) is 0 Å². The van der Waals surface area contributed by atoms with Gasteiger partial charge in [0.25, 0.3) is 0 Å². The third-order valence-corrected chi connectivity index (χ3v) is 5.05. The van der Waals surface area contributed by atoms with Gasteiger partial charge >= 0.3 is 0 Å². The standard InChI is InChI=1S/C17H31N3O/c1-5-13-8-9-14(11-18-6-2)15(10-13)17-16(21-4)12-19-20(17)7-3/h12-15,18H,5-11H2,1-4H3. The number of ether oxygens (including phenoxy) is 1. The zero-order valence-electron chi connectivity index (χ0n) is 14.1. The molecule has 21 heavy (non-hydrogen) atoms. The fourth-order valence-electron chi connectivity index (χ4n) is 3.76. The summed E-state index contributed by atoms with van der Waals surface area (Å²) in [6, 6.07) is 0. The highest BCUT2D eigenvalue weighted by Gasteiger charge is 2.34. The molecule has 1 aliphatic carbocycles. The highest BCUT2D eigenvalue weighted by atomic mass is 16.5. The number of hydrogen-bond acceptors (Lipinski definition) is 3. The maximum absolute atomic E-state index is 5.60. The molecule has 1 aromatic rings. The highest BCUT2D eigenvalue weighted by molar-refractivity contribution is 5.30. The van der Waals surface area contributed by atoms with Crippen molar-refractivity contribution < 1.29 is 4.74 Å². The third-order valence-electron chi connectivity index (χ3n) is 5.05. The Morgan fingerprint density at radius 2 is 2.14 bits per heavy atom. The number of nitrogens with one attached hydrogen (secondary N) is 1. The van der Waals surface area contributed by atoms with E-state index in [1.165, 1.54) is 31.4 Å². The molecule has 0 amide bonds. The van der Waals surface area contributed by atoms with Gasteiger partial charge in [-0.2, -0.15) is 5.10 Å². The van der Waals surface area contributed by atoms with Gasteiger partial charge in [-0.3, -0.25) is 4.68 Å². The van der Waals surface area contributed by atoms with Gasteiger partial charge in [-0.25, -0.2) is 0 Å². The fourth-order valence-corrected chi connectivity index (χ4v) is 3.76. The molecule has 4 nitrogen and oxygen atoms in total. The normalized spacial score (nSPS) is 26.0. The summed E-state index contributed by atoms with van der Waals surface area (Å²) in [5, 5.41) is 8.06. The number of aryl methyl sites for hydroxylation is 1. The molecular weight excluding hydrogens is 262 g/mol. The molecule has 4 heteroatoms. The summed E-state index contributed by atoms with van der Waals surface area (Å²) in [4.78, 5) is 0. The van der Waals surface area contributed by atoms with Crippen LogP contribution in [0.1, 0.15) is 58.1 Å². The minimum absolute atomic E-state index is 0.570. The summed E-state index contributed by atoms with van der Waals surface area (Å²) in [6.45, 7) is 9.74. The van der Waals surface area contributed by atoms with Crippen molar-refractivity contribution in [3.05, 3.63) is 11.9 Å². The third kappa shape index (κ3) is 3.60. The van der Waals surface area contributed by atoms with Gasteiger partial charge in [0.15, 0.2) is 5.75 Å². The number of methoxy groups -OCH3 is 1. The molecule has 1 saturated carbocycles. The predicted molar refractivity (Wildman–Crippen MR) is 86.9 cm³/mol. The summed E-state index contributed by atoms with van der Waals surface area (Å²) in [5.41, 5.74) is 1.32. The van der Waals surface area contributed by atoms with E-state index in [-0.39, 0.29) is 0 Å². The van der Waals surface area contributed by atoms with Crippen LogP contribution < -0.4 is 10.1 Å². The average molecular weight is 293 g/mol. The maximum Gasteiger partial charge on any atom is 0.160 e. The molecule has 0 radical (unpaired) electrons. The zero-order chi connectivity index (χ0) is 15.2. The SMILES string of the molecule is CCNCC1CCC(CC)CC1c1c(OC)cnn1CC. The molecule has 1 fully saturated rings. The van der Waals surface area contributed by atoms with E-state index in [0.717, 1.165) is 31.3 Å². The van der Waals surface area contributed by atoms with Crippen molar-refractivity contribution in [1.82, 2.24) is 15.1 Å². The number of aromatic nitrogens is 2. The van der Waals surface area contributed by atoms with Crippen LogP contribution in [0.2, 0.25) is 0 Å². The molecule has 1 aliphatic rings. The van der Waals surface area contributed by atoms with Crippen LogP contribution in [0.15, 0.2) is 6.20 Å². The smallest absolute Gasteiger partial charge is 0.160 e. The first kappa shape index (κ1) is 16.3. The van der Waals surface area contributed by atoms with Gasteiger partial charge in [0.1, 0.15) is 0 Å². The lowest BCUT2D eigenvalue weighted by Gasteiger charge is -2.36. The van der Waals surface area contributed by atoms with Crippen LogP contribution in [0.25, 0.3) is 0 Å². The number of nitrogens with zero attached hydrogens (tertiary/aromatic N) is 2. The number of hydrogen-bond donors (Lipinski definition) is 1. The number of rotatable bonds is 7. The molecule has 1 heterocycles. The molecule has 0 saturated heterocycles. The van der Waals surface area contributed by atoms with Crippen molar-refractivity contribution in [2.45, 2.75) is 58.9 Å². The predicted octanol–water partition coefficient (Wildman–Crippen LogP) is 3.43. The largest absolute Gasteiger partial charge is 0.493 e. The van der Waals surface area contributed by atoms with Crippen LogP contribution in [0, 0.1) is 11.8 Å². The van der Waals surface area contributed by atoms with Crippen LogP contribution in [0.4, 0.5) is 0 Å². The van der Waals surface area contributed by atoms with Crippen molar-refractivity contribution in [3.63, 3.8) is 0 Å². The van der Waals surface area contributed by atoms with Crippen LogP contribution in [0.5, 0.6) is 5.75 Å². The average Bonchev–Trinajstić information content (AvgIpc) is 2.95. The Balaban J connectivity index is 2.27. The second-order valence-electron chi connectivity index (χ2n) is 6.18. The summed E-state index contributed by atoms with van der Waals surface area (Å²) in [5.74, 6) is 3.08. The van der Waals surface area contributed by atoms with Gasteiger partial charge in [-0.1, -0.05) is 26.7 Å². The minimum Gasteiger partial charge on any atom is -0.493 e. The molecule has 3 unspecified atom stereocenters. The van der Waals surface area contributed by atoms with Crippen LogP contribution in [-0.2, 0) is 6.54 Å². The lowest BCUT2D eigenvalue weighted by atomic mass is 9.71. The van der Waals surface area contributed by atoms with E-state index in [4.69, 9.17) is 4.74 Å². The van der Waals surface area contributed by atoms with E-state index in [2.05, 4.69) is 35.9 Å². The Morgan fingerprint density at radius 1 is 1.33 bits per heavy atom. The van der Waals surface area contributed by atoms with Crippen molar-refractivity contribution in [2.24, 2.45) is 11.8 Å². The van der Waals surface area contributed by atoms with Crippen molar-refractivity contribution in [1.29, 1.82) is 0 Å². The summed E-state index contributed by atoms with van der Waals surface area (Å²) in [7, 11) is 1.76. The van der Waals surface area contributed by atoms with Crippen molar-refractivity contribution in [3.8, 4) is 5.75 Å². The van der Waals surface area contributed by atoms with E-state index < -0.39 is 0 Å². The molecule has 3 atom stereocenters. The molecular formula is C17H31N3O. The maximum atomic E-state index is 5.60. The Hall–Kier alpha value is -1.03. The van der Waals surface area contributed by atoms with E-state index >= 15 is 0 Å². The quantitative estimate of drug-likeness (QED) is 0.837. The van der Waals surface area contributed by atoms with E-state index in [1.54, 1.807) is 7.11 Å². The van der Waals surface area contributed by atoms with Crippen LogP contribution in [0.3, 0.4) is 0 Å². The lowest BCUT2D eigenvalue weighted by molar-refractivity contribution is 0.215. The van der Waals surface area contributed by atoms with Crippen molar-refractivity contribution >= 4 is 0 Å². The monoisotopic (exact) mass is 293 g/mol. The molecule has 0 bridgehead atoms. The van der Waals surface area contributed by atoms with Gasteiger partial charge in [0.2, 0.25) is 0 Å². The zero-order valence-corrected chi connectivity index (χ0v) is 14.1. The first-order chi connectivity index (χ1) is 10.2. The van der Waals surface area contributed by atoms with Gasteiger partial charge in [0, 0.05) is 12.5 Å². The molecule has 0 aromatic carbocycles. The van der Waals surface area contributed by atoms with E-state index in [1.807, 2.05) is 6.20 Å². The Morgan fingerprint density at radius 3 is 2.76 bits per heavy atom. The van der Waals surface area contributed by atoms with E-state index in [9.17, 15) is 0 Å². The van der Waals surface area contributed by atoms with Crippen LogP contribution in [-0.4, -0.2) is 30.0 Å². The molecule has 120 valence electrons. The highest BCUT2D eigenvalue weighted by Crippen LogP contribution is 2.44. The Kier molecular flexibility index (Phi) is 6.09. The Bertz CT molecular complexity index is 408. The van der Waals surface area contributed by atoms with Crippen LogP contribution >= 0.6 is 0 Å². The van der Waals surface area contributed by atoms with Crippen molar-refractivity contribution in [2.75, 3.05) is 20.2 Å². The van der Waals surface area contributed by atoms with Gasteiger partial charge in [-0.05, 0) is 44.7 Å². The molecule has 0 spiro atoms. The topological polar surface area (TPSA) is 39.1 Å². The summed E-state index contributed by atoms with van der Waals surface area (Å²) in [6.07, 6.45) is 7.13. The summed E-state index contributed by atoms with van der Waals surface area (Å²) < 4.78 is 7.74. The second kappa shape index (κ2) is 7.83. The minimum atomic E-state index is 0.570. The first-order valence-electron chi connectivity index (χ1n) is 8.55. The fraction of sp³-hybridized carbons (Fsp3) is 0.824. The second-order valence-corrected chi connectivity index (χ2v) is 6.18. The van der Waals surface area contributed by atoms with Gasteiger partial charge < -0.3 is 10.1 Å². The molecule has 0 aliphatic heterocycles. The molecule has 2 rings (SSSR count). The molecule has 1 aromatic heterocycles. The van der Waals surface area contributed by atoms with Gasteiger partial charge in [0.05, 0.1) is 19.0 Å². The first-order valence-corrected chi connectivity index (χ1v) is 8.55.